The van der Waals surface area contributed by atoms with Crippen molar-refractivity contribution in [2.24, 2.45) is 5.11 Å². The zero-order valence-corrected chi connectivity index (χ0v) is 23.9. The van der Waals surface area contributed by atoms with Crippen LogP contribution >= 0.6 is 23.4 Å². The van der Waals surface area contributed by atoms with Gasteiger partial charge in [-0.25, -0.2) is 14.3 Å². The van der Waals surface area contributed by atoms with Crippen molar-refractivity contribution in [1.82, 2.24) is 10.3 Å². The van der Waals surface area contributed by atoms with E-state index < -0.39 is 59.3 Å². The number of esters is 3. The van der Waals surface area contributed by atoms with Crippen LogP contribution < -0.4 is 5.32 Å². The van der Waals surface area contributed by atoms with Crippen molar-refractivity contribution >= 4 is 47.0 Å². The Balaban J connectivity index is 2.08. The van der Waals surface area contributed by atoms with E-state index in [1.165, 1.54) is 39.4 Å². The monoisotopic (exact) mass is 612 g/mol. The Bertz CT molecular complexity index is 1330. The molecule has 1 aromatic carbocycles. The molecule has 2 heterocycles. The molecular formula is C26H27ClF2N4O7S. The first-order chi connectivity index (χ1) is 19.4. The summed E-state index contributed by atoms with van der Waals surface area (Å²) in [7, 11) is 0. The van der Waals surface area contributed by atoms with Gasteiger partial charge in [0, 0.05) is 55.4 Å². The topological polar surface area (TPSA) is 149 Å². The number of ether oxygens (including phenoxy) is 4. The second kappa shape index (κ2) is 14.3. The van der Waals surface area contributed by atoms with Crippen LogP contribution in [-0.2, 0) is 33.3 Å². The molecule has 15 heteroatoms. The quantitative estimate of drug-likeness (QED) is 0.222. The molecule has 3 rings (SSSR count). The Morgan fingerprint density at radius 2 is 1.73 bits per heavy atom. The van der Waals surface area contributed by atoms with E-state index in [-0.39, 0.29) is 23.4 Å². The minimum atomic E-state index is -1.21. The number of aromatic nitrogens is 1. The number of pyridine rings is 1. The lowest BCUT2D eigenvalue weighted by atomic mass is 9.96. The number of hydrogen-bond donors (Lipinski definition) is 2. The van der Waals surface area contributed by atoms with Crippen LogP contribution in [0.15, 0.2) is 46.8 Å². The maximum atomic E-state index is 14.2. The molecule has 1 fully saturated rings. The molecule has 0 bridgehead atoms. The van der Waals surface area contributed by atoms with Crippen LogP contribution in [0.4, 0.5) is 8.78 Å². The Morgan fingerprint density at radius 3 is 2.29 bits per heavy atom. The molecule has 11 nitrogen and oxygen atoms in total. The molecule has 1 aliphatic rings. The van der Waals surface area contributed by atoms with Crippen molar-refractivity contribution in [3.05, 3.63) is 64.6 Å². The predicted octanol–water partition coefficient (Wildman–Crippen LogP) is 4.55. The van der Waals surface area contributed by atoms with Gasteiger partial charge in [-0.05, 0) is 25.1 Å². The molecule has 1 aromatic heterocycles. The second-order valence-electron chi connectivity index (χ2n) is 8.85. The van der Waals surface area contributed by atoms with Gasteiger partial charge < -0.3 is 24.3 Å². The summed E-state index contributed by atoms with van der Waals surface area (Å²) in [5, 5.41) is 6.64. The van der Waals surface area contributed by atoms with Crippen LogP contribution in [-0.4, -0.2) is 59.3 Å². The number of rotatable bonds is 10. The number of nitrogens with zero attached hydrogens (tertiary/aromatic N) is 2. The number of carbonyl (C=O) groups is 3. The molecule has 0 spiro atoms. The van der Waals surface area contributed by atoms with Gasteiger partial charge in [0.25, 0.3) is 0 Å². The molecule has 220 valence electrons. The standard InChI is InChI=1S/C26H27ClF2N4O7S/c1-12-19(28)5-16(6-20(12)29)21(33-30)10-32-23-24(38-14(3)35)22(11-37-13(2)34)40-26(25(23)39-15(4)36)41-18-7-17(27)8-31-9-18/h5-10,22-26,30,32H,11H2,1-4H3/b21-10-,33-30?/t22?,23?,24-,25?,26+/m0/s1. The number of halogens is 3. The highest BCUT2D eigenvalue weighted by atomic mass is 35.5. The number of thioether (sulfide) groups is 1. The molecule has 2 N–H and O–H groups in total. The Kier molecular flexibility index (Phi) is 11.1. The van der Waals surface area contributed by atoms with Gasteiger partial charge >= 0.3 is 17.9 Å². The first-order valence-electron chi connectivity index (χ1n) is 12.1. The Labute approximate surface area is 243 Å². The molecule has 1 aliphatic heterocycles. The van der Waals surface area contributed by atoms with Gasteiger partial charge in [0.15, 0.2) is 12.2 Å². The lowest BCUT2D eigenvalue weighted by Crippen LogP contribution is -2.64. The minimum absolute atomic E-state index is 0.0550. The van der Waals surface area contributed by atoms with E-state index in [9.17, 15) is 23.2 Å². The molecule has 41 heavy (non-hydrogen) atoms. The third-order valence-corrected chi connectivity index (χ3v) is 7.06. The molecule has 2 aromatic rings. The molecule has 5 atom stereocenters. The van der Waals surface area contributed by atoms with Gasteiger partial charge in [-0.2, -0.15) is 5.11 Å². The summed E-state index contributed by atoms with van der Waals surface area (Å²) in [5.74, 6) is -3.73. The van der Waals surface area contributed by atoms with Crippen molar-refractivity contribution in [2.75, 3.05) is 6.61 Å². The van der Waals surface area contributed by atoms with Crippen LogP contribution in [0.3, 0.4) is 0 Å². The third-order valence-electron chi connectivity index (χ3n) is 5.75. The highest BCUT2D eigenvalue weighted by molar-refractivity contribution is 7.99. The van der Waals surface area contributed by atoms with E-state index in [2.05, 4.69) is 15.4 Å². The highest BCUT2D eigenvalue weighted by Crippen LogP contribution is 2.37. The average molecular weight is 613 g/mol. The number of hydrogen-bond acceptors (Lipinski definition) is 12. The molecule has 0 amide bonds. The summed E-state index contributed by atoms with van der Waals surface area (Å²) in [6, 6.07) is 2.54. The fourth-order valence-electron chi connectivity index (χ4n) is 3.93. The molecular weight excluding hydrogens is 586 g/mol. The van der Waals surface area contributed by atoms with Crippen molar-refractivity contribution in [3.8, 4) is 0 Å². The summed E-state index contributed by atoms with van der Waals surface area (Å²) in [6.45, 7) is 4.44. The van der Waals surface area contributed by atoms with E-state index in [0.29, 0.717) is 9.92 Å². The van der Waals surface area contributed by atoms with Gasteiger partial charge in [-0.15, -0.1) is 0 Å². The maximum Gasteiger partial charge on any atom is 0.303 e. The zero-order valence-electron chi connectivity index (χ0n) is 22.4. The summed E-state index contributed by atoms with van der Waals surface area (Å²) < 4.78 is 50.9. The summed E-state index contributed by atoms with van der Waals surface area (Å²) >= 11 is 7.16. The predicted molar refractivity (Wildman–Crippen MR) is 143 cm³/mol. The van der Waals surface area contributed by atoms with Crippen molar-refractivity contribution < 1.29 is 42.1 Å². The van der Waals surface area contributed by atoms with E-state index in [1.54, 1.807) is 6.07 Å². The average Bonchev–Trinajstić information content (AvgIpc) is 2.88. The normalized spacial score (nSPS) is 22.4. The number of carbonyl (C=O) groups excluding carboxylic acids is 3. The van der Waals surface area contributed by atoms with Crippen LogP contribution in [0.2, 0.25) is 5.02 Å². The van der Waals surface area contributed by atoms with Crippen LogP contribution in [0, 0.1) is 24.1 Å². The number of benzene rings is 1. The second-order valence-corrected chi connectivity index (χ2v) is 10.5. The van der Waals surface area contributed by atoms with E-state index >= 15 is 0 Å². The molecule has 1 saturated heterocycles. The van der Waals surface area contributed by atoms with Crippen molar-refractivity contribution in [1.29, 1.82) is 5.53 Å². The van der Waals surface area contributed by atoms with E-state index in [1.807, 2.05) is 0 Å². The Hall–Kier alpha value is -3.62. The van der Waals surface area contributed by atoms with Crippen LogP contribution in [0.5, 0.6) is 0 Å². The molecule has 3 unspecified atom stereocenters. The van der Waals surface area contributed by atoms with Gasteiger partial charge in [0.2, 0.25) is 0 Å². The lowest BCUT2D eigenvalue weighted by molar-refractivity contribution is -0.203. The van der Waals surface area contributed by atoms with Crippen LogP contribution in [0.25, 0.3) is 5.70 Å². The van der Waals surface area contributed by atoms with Gasteiger partial charge in [-0.3, -0.25) is 19.4 Å². The first-order valence-corrected chi connectivity index (χ1v) is 13.4. The summed E-state index contributed by atoms with van der Waals surface area (Å²) in [6.07, 6.45) is 0.671. The smallest absolute Gasteiger partial charge is 0.303 e. The highest BCUT2D eigenvalue weighted by Gasteiger charge is 2.50. The Morgan fingerprint density at radius 1 is 1.10 bits per heavy atom. The van der Waals surface area contributed by atoms with Gasteiger partial charge in [0.05, 0.1) is 5.02 Å². The largest absolute Gasteiger partial charge is 0.463 e. The number of nitrogens with one attached hydrogen (secondary N) is 2. The third kappa shape index (κ3) is 8.68. The SMILES string of the molecule is CC(=O)OCC1O[C@H](Sc2cncc(Cl)c2)C(OC(C)=O)C(N/C=C(\N=N)c2cc(F)c(C)c(F)c2)[C@H]1OC(C)=O. The lowest BCUT2D eigenvalue weighted by Gasteiger charge is -2.45. The summed E-state index contributed by atoms with van der Waals surface area (Å²) in [5.41, 5.74) is 6.17. The molecule has 0 aliphatic carbocycles. The minimum Gasteiger partial charge on any atom is -0.463 e. The van der Waals surface area contributed by atoms with E-state index in [0.717, 1.165) is 30.8 Å². The van der Waals surface area contributed by atoms with Gasteiger partial charge in [-0.1, -0.05) is 23.4 Å². The first kappa shape index (κ1) is 31.9. The fourth-order valence-corrected chi connectivity index (χ4v) is 5.31. The van der Waals surface area contributed by atoms with E-state index in [4.69, 9.17) is 36.1 Å². The van der Waals surface area contributed by atoms with Crippen molar-refractivity contribution in [3.63, 3.8) is 0 Å². The summed E-state index contributed by atoms with van der Waals surface area (Å²) in [4.78, 5) is 40.5. The zero-order chi connectivity index (χ0) is 30.3. The fraction of sp³-hybridized carbons (Fsp3) is 0.385. The molecule has 0 radical (unpaired) electrons. The molecule has 0 saturated carbocycles. The van der Waals surface area contributed by atoms with Crippen LogP contribution in [0.1, 0.15) is 31.9 Å². The van der Waals surface area contributed by atoms with Gasteiger partial charge in [0.1, 0.15) is 41.5 Å². The maximum absolute atomic E-state index is 14.2. The van der Waals surface area contributed by atoms with Crippen molar-refractivity contribution in [2.45, 2.75) is 62.4 Å².